The lowest BCUT2D eigenvalue weighted by Gasteiger charge is -2.12. The van der Waals surface area contributed by atoms with Gasteiger partial charge in [0.1, 0.15) is 0 Å². The van der Waals surface area contributed by atoms with Crippen molar-refractivity contribution in [2.24, 2.45) is 0 Å². The molecular formula is C15H20N2O2. The topological polar surface area (TPSA) is 59.2 Å². The van der Waals surface area contributed by atoms with Crippen LogP contribution in [0.4, 0.5) is 0 Å². The second-order valence-electron chi connectivity index (χ2n) is 4.91. The van der Waals surface area contributed by atoms with Crippen LogP contribution in [0.25, 0.3) is 0 Å². The van der Waals surface area contributed by atoms with Crippen molar-refractivity contribution in [2.75, 3.05) is 0 Å². The Kier molecular flexibility index (Phi) is 4.32. The van der Waals surface area contributed by atoms with E-state index in [2.05, 4.69) is 29.2 Å². The predicted octanol–water partition coefficient (Wildman–Crippen LogP) is 2.84. The largest absolute Gasteiger partial charge is 0.393 e. The normalized spacial score (nSPS) is 14.3. The van der Waals surface area contributed by atoms with Gasteiger partial charge in [0, 0.05) is 6.42 Å². The number of aliphatic hydroxyl groups is 1. The third kappa shape index (κ3) is 3.20. The molecule has 1 heterocycles. The van der Waals surface area contributed by atoms with Gasteiger partial charge >= 0.3 is 0 Å². The molecule has 1 aromatic carbocycles. The van der Waals surface area contributed by atoms with Crippen LogP contribution in [0.2, 0.25) is 0 Å². The summed E-state index contributed by atoms with van der Waals surface area (Å²) in [5, 5.41) is 13.7. The highest BCUT2D eigenvalue weighted by Crippen LogP contribution is 2.22. The van der Waals surface area contributed by atoms with Crippen molar-refractivity contribution in [2.45, 2.75) is 45.6 Å². The minimum absolute atomic E-state index is 0.0851. The summed E-state index contributed by atoms with van der Waals surface area (Å²) in [6, 6.07) is 8.16. The average molecular weight is 260 g/mol. The van der Waals surface area contributed by atoms with Gasteiger partial charge in [0.05, 0.1) is 12.0 Å². The molecule has 4 nitrogen and oxygen atoms in total. The molecule has 1 N–H and O–H groups in total. The molecule has 0 spiro atoms. The fourth-order valence-electron chi connectivity index (χ4n) is 2.19. The lowest BCUT2D eigenvalue weighted by molar-refractivity contribution is 0.141. The first-order valence-corrected chi connectivity index (χ1v) is 6.66. The van der Waals surface area contributed by atoms with E-state index in [1.807, 2.05) is 19.1 Å². The minimum Gasteiger partial charge on any atom is -0.393 e. The Morgan fingerprint density at radius 3 is 2.68 bits per heavy atom. The molecular weight excluding hydrogens is 240 g/mol. The zero-order chi connectivity index (χ0) is 13.8. The van der Waals surface area contributed by atoms with Crippen molar-refractivity contribution in [3.05, 3.63) is 47.1 Å². The maximum Gasteiger partial charge on any atom is 0.232 e. The van der Waals surface area contributed by atoms with Gasteiger partial charge in [-0.15, -0.1) is 0 Å². The molecule has 1 aromatic heterocycles. The molecule has 0 aliphatic carbocycles. The quantitative estimate of drug-likeness (QED) is 0.898. The maximum atomic E-state index is 9.68. The molecule has 0 aliphatic heterocycles. The summed E-state index contributed by atoms with van der Waals surface area (Å²) in [7, 11) is 0. The van der Waals surface area contributed by atoms with Crippen LogP contribution in [0.3, 0.4) is 0 Å². The maximum absolute atomic E-state index is 9.68. The van der Waals surface area contributed by atoms with Crippen molar-refractivity contribution in [3.8, 4) is 0 Å². The van der Waals surface area contributed by atoms with Crippen molar-refractivity contribution < 1.29 is 9.63 Å². The first kappa shape index (κ1) is 13.7. The van der Waals surface area contributed by atoms with Crippen molar-refractivity contribution in [1.82, 2.24) is 10.1 Å². The van der Waals surface area contributed by atoms with Gasteiger partial charge in [-0.25, -0.2) is 0 Å². The zero-order valence-corrected chi connectivity index (χ0v) is 11.6. The van der Waals surface area contributed by atoms with Crippen LogP contribution in [0.5, 0.6) is 0 Å². The van der Waals surface area contributed by atoms with Gasteiger partial charge in [-0.2, -0.15) is 4.98 Å². The smallest absolute Gasteiger partial charge is 0.232 e. The summed E-state index contributed by atoms with van der Waals surface area (Å²) >= 11 is 0. The number of aliphatic hydroxyl groups excluding tert-OH is 1. The van der Waals surface area contributed by atoms with Crippen LogP contribution >= 0.6 is 0 Å². The fraction of sp³-hybridized carbons (Fsp3) is 0.467. The van der Waals surface area contributed by atoms with Gasteiger partial charge in [0.15, 0.2) is 5.82 Å². The third-order valence-corrected chi connectivity index (χ3v) is 3.43. The molecule has 0 fully saturated rings. The van der Waals surface area contributed by atoms with Gasteiger partial charge in [0.25, 0.3) is 0 Å². The molecule has 4 heteroatoms. The average Bonchev–Trinajstić information content (AvgIpc) is 2.81. The molecule has 2 atom stereocenters. The van der Waals surface area contributed by atoms with Crippen LogP contribution in [0, 0.1) is 6.92 Å². The summed E-state index contributed by atoms with van der Waals surface area (Å²) < 4.78 is 5.27. The standard InChI is InChI=1S/C15H20N2O2/c1-4-13(11(3)18)15-16-14(17-19-15)9-12-8-6-5-7-10(12)2/h5-8,11,13,18H,4,9H2,1-3H3. The zero-order valence-electron chi connectivity index (χ0n) is 11.6. The second kappa shape index (κ2) is 5.97. The van der Waals surface area contributed by atoms with Crippen LogP contribution in [0.1, 0.15) is 49.0 Å². The lowest BCUT2D eigenvalue weighted by atomic mass is 10.0. The van der Waals surface area contributed by atoms with E-state index in [-0.39, 0.29) is 5.92 Å². The number of aromatic nitrogens is 2. The second-order valence-corrected chi connectivity index (χ2v) is 4.91. The lowest BCUT2D eigenvalue weighted by Crippen LogP contribution is -2.14. The summed E-state index contributed by atoms with van der Waals surface area (Å²) in [6.45, 7) is 5.82. The molecule has 0 saturated heterocycles. The number of nitrogens with zero attached hydrogens (tertiary/aromatic N) is 2. The van der Waals surface area contributed by atoms with Gasteiger partial charge < -0.3 is 9.63 Å². The molecule has 0 saturated carbocycles. The molecule has 0 amide bonds. The van der Waals surface area contributed by atoms with E-state index in [4.69, 9.17) is 4.52 Å². The van der Waals surface area contributed by atoms with Crippen molar-refractivity contribution in [1.29, 1.82) is 0 Å². The van der Waals surface area contributed by atoms with E-state index in [1.54, 1.807) is 6.92 Å². The molecule has 2 aromatic rings. The minimum atomic E-state index is -0.475. The van der Waals surface area contributed by atoms with E-state index >= 15 is 0 Å². The number of aryl methyl sites for hydroxylation is 1. The van der Waals surface area contributed by atoms with Crippen LogP contribution in [-0.2, 0) is 6.42 Å². The SMILES string of the molecule is CCC(c1nc(Cc2ccccc2C)no1)C(C)O. The Hall–Kier alpha value is -1.68. The summed E-state index contributed by atoms with van der Waals surface area (Å²) in [4.78, 5) is 4.40. The molecule has 2 rings (SSSR count). The Balaban J connectivity index is 2.16. The molecule has 0 aliphatic rings. The van der Waals surface area contributed by atoms with Crippen molar-refractivity contribution in [3.63, 3.8) is 0 Å². The molecule has 0 radical (unpaired) electrons. The van der Waals surface area contributed by atoms with E-state index in [0.29, 0.717) is 18.1 Å². The summed E-state index contributed by atoms with van der Waals surface area (Å²) in [6.07, 6.45) is 0.965. The first-order chi connectivity index (χ1) is 9.11. The third-order valence-electron chi connectivity index (χ3n) is 3.43. The van der Waals surface area contributed by atoms with Crippen molar-refractivity contribution >= 4 is 0 Å². The Bertz CT molecular complexity index is 534. The number of hydrogen-bond donors (Lipinski definition) is 1. The van der Waals surface area contributed by atoms with Crippen LogP contribution < -0.4 is 0 Å². The molecule has 19 heavy (non-hydrogen) atoms. The highest BCUT2D eigenvalue weighted by Gasteiger charge is 2.22. The highest BCUT2D eigenvalue weighted by molar-refractivity contribution is 5.28. The molecule has 2 unspecified atom stereocenters. The predicted molar refractivity (Wildman–Crippen MR) is 73.0 cm³/mol. The van der Waals surface area contributed by atoms with Gasteiger partial charge in [-0.3, -0.25) is 0 Å². The summed E-state index contributed by atoms with van der Waals surface area (Å²) in [5.74, 6) is 1.11. The van der Waals surface area contributed by atoms with Gasteiger partial charge in [0.2, 0.25) is 5.89 Å². The highest BCUT2D eigenvalue weighted by atomic mass is 16.5. The van der Waals surface area contributed by atoms with E-state index in [1.165, 1.54) is 11.1 Å². The Labute approximate surface area is 113 Å². The molecule has 0 bridgehead atoms. The number of rotatable bonds is 5. The number of hydrogen-bond acceptors (Lipinski definition) is 4. The Morgan fingerprint density at radius 2 is 2.05 bits per heavy atom. The van der Waals surface area contributed by atoms with Crippen LogP contribution in [0.15, 0.2) is 28.8 Å². The van der Waals surface area contributed by atoms with Gasteiger partial charge in [-0.05, 0) is 31.4 Å². The van der Waals surface area contributed by atoms with Crippen LogP contribution in [-0.4, -0.2) is 21.4 Å². The monoisotopic (exact) mass is 260 g/mol. The molecule has 102 valence electrons. The van der Waals surface area contributed by atoms with Gasteiger partial charge in [-0.1, -0.05) is 36.3 Å². The fourth-order valence-corrected chi connectivity index (χ4v) is 2.19. The Morgan fingerprint density at radius 1 is 1.32 bits per heavy atom. The van der Waals surface area contributed by atoms with E-state index < -0.39 is 6.10 Å². The summed E-state index contributed by atoms with van der Waals surface area (Å²) in [5.41, 5.74) is 2.41. The first-order valence-electron chi connectivity index (χ1n) is 6.66. The number of benzene rings is 1. The van der Waals surface area contributed by atoms with E-state index in [9.17, 15) is 5.11 Å². The van der Waals surface area contributed by atoms with E-state index in [0.717, 1.165) is 6.42 Å².